The Hall–Kier alpha value is -1.71. The van der Waals surface area contributed by atoms with Crippen molar-refractivity contribution < 1.29 is 10.2 Å². The second-order valence-electron chi connectivity index (χ2n) is 3.95. The van der Waals surface area contributed by atoms with Crippen LogP contribution in [-0.2, 0) is 0 Å². The Morgan fingerprint density at radius 2 is 1.72 bits per heavy atom. The molecule has 0 heterocycles. The van der Waals surface area contributed by atoms with Crippen LogP contribution in [0.1, 0.15) is 11.6 Å². The standard InChI is InChI=1S/C14H14ClNO2/c15-12-3-1-2-4-13(12)16-14(9-17)10-5-7-11(18)8-6-10/h1-8,14,16-18H,9H2. The van der Waals surface area contributed by atoms with Gasteiger partial charge < -0.3 is 15.5 Å². The van der Waals surface area contributed by atoms with E-state index in [1.54, 1.807) is 30.3 Å². The number of phenols is 1. The first kappa shape index (κ1) is 12.7. The minimum Gasteiger partial charge on any atom is -0.508 e. The number of rotatable bonds is 4. The first-order valence-electron chi connectivity index (χ1n) is 5.61. The molecule has 0 aliphatic rings. The van der Waals surface area contributed by atoms with Crippen LogP contribution in [0.25, 0.3) is 0 Å². The van der Waals surface area contributed by atoms with Crippen LogP contribution >= 0.6 is 11.6 Å². The highest BCUT2D eigenvalue weighted by Gasteiger charge is 2.11. The molecule has 0 fully saturated rings. The fourth-order valence-corrected chi connectivity index (χ4v) is 1.90. The molecule has 94 valence electrons. The van der Waals surface area contributed by atoms with E-state index in [4.69, 9.17) is 11.6 Å². The maximum absolute atomic E-state index is 9.43. The summed E-state index contributed by atoms with van der Waals surface area (Å²) in [6.07, 6.45) is 0. The predicted octanol–water partition coefficient (Wildman–Crippen LogP) is 3.19. The van der Waals surface area contributed by atoms with Gasteiger partial charge in [-0.3, -0.25) is 0 Å². The summed E-state index contributed by atoms with van der Waals surface area (Å²) in [5.74, 6) is 0.202. The van der Waals surface area contributed by atoms with Crippen molar-refractivity contribution >= 4 is 17.3 Å². The maximum Gasteiger partial charge on any atom is 0.115 e. The fourth-order valence-electron chi connectivity index (χ4n) is 1.71. The lowest BCUT2D eigenvalue weighted by atomic mass is 10.1. The summed E-state index contributed by atoms with van der Waals surface area (Å²) in [6.45, 7) is -0.0595. The van der Waals surface area contributed by atoms with E-state index >= 15 is 0 Å². The molecule has 18 heavy (non-hydrogen) atoms. The SMILES string of the molecule is OCC(Nc1ccccc1Cl)c1ccc(O)cc1. The zero-order valence-corrected chi connectivity index (χ0v) is 10.4. The number of para-hydroxylation sites is 1. The van der Waals surface area contributed by atoms with Crippen LogP contribution in [0.3, 0.4) is 0 Å². The van der Waals surface area contributed by atoms with Gasteiger partial charge in [0.05, 0.1) is 23.4 Å². The van der Waals surface area contributed by atoms with Crippen molar-refractivity contribution in [3.63, 3.8) is 0 Å². The van der Waals surface area contributed by atoms with Crippen molar-refractivity contribution in [2.45, 2.75) is 6.04 Å². The molecule has 1 unspecified atom stereocenters. The van der Waals surface area contributed by atoms with Gasteiger partial charge in [-0.05, 0) is 29.8 Å². The number of aliphatic hydroxyl groups excluding tert-OH is 1. The third-order valence-corrected chi connectivity index (χ3v) is 3.01. The van der Waals surface area contributed by atoms with Crippen LogP contribution in [0.2, 0.25) is 5.02 Å². The molecule has 0 aromatic heterocycles. The summed E-state index contributed by atoms with van der Waals surface area (Å²) in [6, 6.07) is 13.8. The van der Waals surface area contributed by atoms with Crippen molar-refractivity contribution in [3.05, 3.63) is 59.1 Å². The monoisotopic (exact) mass is 263 g/mol. The largest absolute Gasteiger partial charge is 0.508 e. The Balaban J connectivity index is 2.20. The summed E-state index contributed by atoms with van der Waals surface area (Å²) in [5, 5.41) is 22.4. The first-order chi connectivity index (χ1) is 8.70. The smallest absolute Gasteiger partial charge is 0.115 e. The lowest BCUT2D eigenvalue weighted by molar-refractivity contribution is 0.276. The van der Waals surface area contributed by atoms with Crippen LogP contribution in [0.15, 0.2) is 48.5 Å². The molecule has 2 aromatic rings. The maximum atomic E-state index is 9.43. The number of aliphatic hydroxyl groups is 1. The Kier molecular flexibility index (Phi) is 4.07. The van der Waals surface area contributed by atoms with Gasteiger partial charge in [-0.2, -0.15) is 0 Å². The van der Waals surface area contributed by atoms with Gasteiger partial charge in [-0.15, -0.1) is 0 Å². The number of halogens is 1. The van der Waals surface area contributed by atoms with Gasteiger partial charge >= 0.3 is 0 Å². The van der Waals surface area contributed by atoms with Crippen LogP contribution in [0.4, 0.5) is 5.69 Å². The van der Waals surface area contributed by atoms with Crippen molar-refractivity contribution in [1.82, 2.24) is 0 Å². The van der Waals surface area contributed by atoms with Gasteiger partial charge in [0.2, 0.25) is 0 Å². The van der Waals surface area contributed by atoms with Crippen molar-refractivity contribution in [1.29, 1.82) is 0 Å². The molecule has 1 atom stereocenters. The van der Waals surface area contributed by atoms with E-state index in [-0.39, 0.29) is 18.4 Å². The molecule has 0 spiro atoms. The fraction of sp³-hybridized carbons (Fsp3) is 0.143. The number of aromatic hydroxyl groups is 1. The average molecular weight is 264 g/mol. The molecule has 0 aliphatic carbocycles. The van der Waals surface area contributed by atoms with Crippen LogP contribution < -0.4 is 5.32 Å². The normalized spacial score (nSPS) is 12.1. The van der Waals surface area contributed by atoms with E-state index < -0.39 is 0 Å². The number of benzene rings is 2. The Labute approximate surface area is 111 Å². The molecule has 0 amide bonds. The van der Waals surface area contributed by atoms with Crippen LogP contribution in [0.5, 0.6) is 5.75 Å². The van der Waals surface area contributed by atoms with E-state index in [0.29, 0.717) is 5.02 Å². The summed E-state index contributed by atoms with van der Waals surface area (Å²) < 4.78 is 0. The molecule has 0 saturated carbocycles. The third-order valence-electron chi connectivity index (χ3n) is 2.68. The first-order valence-corrected chi connectivity index (χ1v) is 5.99. The highest BCUT2D eigenvalue weighted by atomic mass is 35.5. The zero-order valence-electron chi connectivity index (χ0n) is 9.68. The molecular weight excluding hydrogens is 250 g/mol. The number of phenolic OH excluding ortho intramolecular Hbond substituents is 1. The third kappa shape index (κ3) is 2.94. The summed E-state index contributed by atoms with van der Waals surface area (Å²) in [5.41, 5.74) is 1.65. The van der Waals surface area contributed by atoms with E-state index in [1.165, 1.54) is 0 Å². The molecule has 2 aromatic carbocycles. The Morgan fingerprint density at radius 1 is 1.06 bits per heavy atom. The van der Waals surface area contributed by atoms with Gasteiger partial charge in [0.25, 0.3) is 0 Å². The predicted molar refractivity (Wildman–Crippen MR) is 73.0 cm³/mol. The highest BCUT2D eigenvalue weighted by molar-refractivity contribution is 6.33. The molecule has 0 saturated heterocycles. The van der Waals surface area contributed by atoms with Gasteiger partial charge in [0.1, 0.15) is 5.75 Å². The zero-order chi connectivity index (χ0) is 13.0. The Morgan fingerprint density at radius 3 is 2.33 bits per heavy atom. The quantitative estimate of drug-likeness (QED) is 0.794. The Bertz CT molecular complexity index is 513. The topological polar surface area (TPSA) is 52.5 Å². The summed E-state index contributed by atoms with van der Waals surface area (Å²) >= 11 is 6.05. The molecule has 4 heteroatoms. The highest BCUT2D eigenvalue weighted by Crippen LogP contribution is 2.26. The number of anilines is 1. The lowest BCUT2D eigenvalue weighted by Gasteiger charge is -2.19. The van der Waals surface area contributed by atoms with Gasteiger partial charge in [0.15, 0.2) is 0 Å². The minimum absolute atomic E-state index is 0.0595. The molecular formula is C14H14ClNO2. The van der Waals surface area contributed by atoms with Crippen molar-refractivity contribution in [2.24, 2.45) is 0 Å². The number of hydrogen-bond donors (Lipinski definition) is 3. The van der Waals surface area contributed by atoms with Gasteiger partial charge in [-0.25, -0.2) is 0 Å². The minimum atomic E-state index is -0.259. The van der Waals surface area contributed by atoms with E-state index in [2.05, 4.69) is 5.32 Å². The summed E-state index contributed by atoms with van der Waals surface area (Å²) in [4.78, 5) is 0. The van der Waals surface area contributed by atoms with E-state index in [9.17, 15) is 10.2 Å². The van der Waals surface area contributed by atoms with E-state index in [1.807, 2.05) is 18.2 Å². The van der Waals surface area contributed by atoms with E-state index in [0.717, 1.165) is 11.3 Å². The van der Waals surface area contributed by atoms with Crippen molar-refractivity contribution in [3.8, 4) is 5.75 Å². The van der Waals surface area contributed by atoms with Gasteiger partial charge in [0, 0.05) is 0 Å². The second kappa shape index (κ2) is 5.76. The summed E-state index contributed by atoms with van der Waals surface area (Å²) in [7, 11) is 0. The van der Waals surface area contributed by atoms with Crippen LogP contribution in [0, 0.1) is 0 Å². The average Bonchev–Trinajstić information content (AvgIpc) is 2.39. The van der Waals surface area contributed by atoms with Crippen molar-refractivity contribution in [2.75, 3.05) is 11.9 Å². The molecule has 0 radical (unpaired) electrons. The molecule has 3 N–H and O–H groups in total. The lowest BCUT2D eigenvalue weighted by Crippen LogP contribution is -2.14. The molecule has 3 nitrogen and oxygen atoms in total. The number of hydrogen-bond acceptors (Lipinski definition) is 3. The second-order valence-corrected chi connectivity index (χ2v) is 4.36. The molecule has 0 bridgehead atoms. The number of nitrogens with one attached hydrogen (secondary N) is 1. The van der Waals surface area contributed by atoms with Gasteiger partial charge in [-0.1, -0.05) is 35.9 Å². The molecule has 2 rings (SSSR count). The molecule has 0 aliphatic heterocycles. The van der Waals surface area contributed by atoms with Crippen LogP contribution in [-0.4, -0.2) is 16.8 Å².